The van der Waals surface area contributed by atoms with E-state index in [1.54, 1.807) is 10.7 Å². The zero-order valence-electron chi connectivity index (χ0n) is 10.8. The summed E-state index contributed by atoms with van der Waals surface area (Å²) in [5, 5.41) is 4.34. The maximum absolute atomic E-state index is 12.7. The fraction of sp³-hybridized carbons (Fsp3) is 0.357. The molecule has 1 aromatic carbocycles. The topological polar surface area (TPSA) is 17.8 Å². The SMILES string of the molecule is CCc1cc(CC)n(-c2cccc(C(F)(F)F)c2)n1. The second-order valence-corrected chi connectivity index (χ2v) is 4.29. The number of rotatable bonds is 3. The van der Waals surface area contributed by atoms with Crippen LogP contribution in [0.5, 0.6) is 0 Å². The van der Waals surface area contributed by atoms with Crippen molar-refractivity contribution in [1.82, 2.24) is 9.78 Å². The molecule has 0 saturated carbocycles. The van der Waals surface area contributed by atoms with E-state index in [-0.39, 0.29) is 0 Å². The Kier molecular flexibility index (Phi) is 3.64. The van der Waals surface area contributed by atoms with Crippen molar-refractivity contribution in [3.05, 3.63) is 47.3 Å². The zero-order valence-corrected chi connectivity index (χ0v) is 10.8. The molecule has 0 aliphatic carbocycles. The van der Waals surface area contributed by atoms with Crippen molar-refractivity contribution in [1.29, 1.82) is 0 Å². The van der Waals surface area contributed by atoms with Crippen LogP contribution in [0.15, 0.2) is 30.3 Å². The van der Waals surface area contributed by atoms with E-state index in [2.05, 4.69) is 5.10 Å². The van der Waals surface area contributed by atoms with Crippen LogP contribution < -0.4 is 0 Å². The number of hydrogen-bond donors (Lipinski definition) is 0. The minimum absolute atomic E-state index is 0.450. The van der Waals surface area contributed by atoms with Crippen molar-refractivity contribution in [3.8, 4) is 5.69 Å². The van der Waals surface area contributed by atoms with E-state index in [4.69, 9.17) is 0 Å². The Hall–Kier alpha value is -1.78. The third-order valence-electron chi connectivity index (χ3n) is 2.98. The molecule has 19 heavy (non-hydrogen) atoms. The molecule has 0 fully saturated rings. The molecule has 102 valence electrons. The van der Waals surface area contributed by atoms with Gasteiger partial charge < -0.3 is 0 Å². The highest BCUT2D eigenvalue weighted by atomic mass is 19.4. The van der Waals surface area contributed by atoms with Crippen LogP contribution in [0.25, 0.3) is 5.69 Å². The first-order chi connectivity index (χ1) is 8.95. The Morgan fingerprint density at radius 3 is 2.42 bits per heavy atom. The lowest BCUT2D eigenvalue weighted by atomic mass is 10.2. The van der Waals surface area contributed by atoms with Crippen molar-refractivity contribution in [2.24, 2.45) is 0 Å². The van der Waals surface area contributed by atoms with Crippen molar-refractivity contribution in [2.75, 3.05) is 0 Å². The summed E-state index contributed by atoms with van der Waals surface area (Å²) in [4.78, 5) is 0. The number of halogens is 3. The smallest absolute Gasteiger partial charge is 0.238 e. The number of hydrogen-bond acceptors (Lipinski definition) is 1. The molecular formula is C14H15F3N2. The molecule has 2 nitrogen and oxygen atoms in total. The Bertz CT molecular complexity index is 570. The summed E-state index contributed by atoms with van der Waals surface area (Å²) in [5.41, 5.74) is 1.59. The molecule has 1 heterocycles. The molecule has 0 radical (unpaired) electrons. The Balaban J connectivity index is 2.50. The normalized spacial score (nSPS) is 11.8. The summed E-state index contributed by atoms with van der Waals surface area (Å²) >= 11 is 0. The summed E-state index contributed by atoms with van der Waals surface area (Å²) in [7, 11) is 0. The van der Waals surface area contributed by atoms with Gasteiger partial charge in [-0.25, -0.2) is 4.68 Å². The highest BCUT2D eigenvalue weighted by molar-refractivity contribution is 5.38. The number of aryl methyl sites for hydroxylation is 2. The fourth-order valence-corrected chi connectivity index (χ4v) is 1.94. The number of nitrogens with zero attached hydrogens (tertiary/aromatic N) is 2. The molecule has 0 aliphatic heterocycles. The first kappa shape index (κ1) is 13.6. The van der Waals surface area contributed by atoms with Crippen LogP contribution in [-0.2, 0) is 19.0 Å². The molecule has 0 saturated heterocycles. The molecule has 0 aliphatic rings. The monoisotopic (exact) mass is 268 g/mol. The average Bonchev–Trinajstić information content (AvgIpc) is 2.81. The van der Waals surface area contributed by atoms with Gasteiger partial charge in [-0.05, 0) is 37.1 Å². The standard InChI is InChI=1S/C14H15F3N2/c1-3-11-9-12(4-2)19(18-11)13-7-5-6-10(8-13)14(15,16)17/h5-9H,3-4H2,1-2H3. The van der Waals surface area contributed by atoms with Gasteiger partial charge in [0.05, 0.1) is 16.9 Å². The predicted molar refractivity (Wildman–Crippen MR) is 67.3 cm³/mol. The first-order valence-corrected chi connectivity index (χ1v) is 6.21. The van der Waals surface area contributed by atoms with Crippen LogP contribution in [0, 0.1) is 0 Å². The number of alkyl halides is 3. The summed E-state index contributed by atoms with van der Waals surface area (Å²) in [6, 6.07) is 7.18. The molecule has 0 amide bonds. The highest BCUT2D eigenvalue weighted by Crippen LogP contribution is 2.30. The molecule has 0 N–H and O–H groups in total. The van der Waals surface area contributed by atoms with Crippen molar-refractivity contribution in [3.63, 3.8) is 0 Å². The van der Waals surface area contributed by atoms with Gasteiger partial charge in [0.1, 0.15) is 0 Å². The van der Waals surface area contributed by atoms with E-state index in [0.29, 0.717) is 5.69 Å². The van der Waals surface area contributed by atoms with Crippen molar-refractivity contribution in [2.45, 2.75) is 32.9 Å². The van der Waals surface area contributed by atoms with Crippen molar-refractivity contribution < 1.29 is 13.2 Å². The molecule has 1 aromatic heterocycles. The molecule has 2 rings (SSSR count). The summed E-state index contributed by atoms with van der Waals surface area (Å²) < 4.78 is 39.7. The lowest BCUT2D eigenvalue weighted by Gasteiger charge is -2.10. The van der Waals surface area contributed by atoms with Crippen LogP contribution in [0.3, 0.4) is 0 Å². The maximum Gasteiger partial charge on any atom is 0.416 e. The largest absolute Gasteiger partial charge is 0.416 e. The number of benzene rings is 1. The first-order valence-electron chi connectivity index (χ1n) is 6.21. The zero-order chi connectivity index (χ0) is 14.0. The van der Waals surface area contributed by atoms with Gasteiger partial charge in [-0.2, -0.15) is 18.3 Å². The maximum atomic E-state index is 12.7. The van der Waals surface area contributed by atoms with E-state index in [0.717, 1.165) is 36.4 Å². The van der Waals surface area contributed by atoms with E-state index < -0.39 is 11.7 Å². The Morgan fingerprint density at radius 2 is 1.84 bits per heavy atom. The van der Waals surface area contributed by atoms with Gasteiger partial charge in [0.2, 0.25) is 0 Å². The molecule has 5 heteroatoms. The van der Waals surface area contributed by atoms with Gasteiger partial charge in [0.15, 0.2) is 0 Å². The summed E-state index contributed by atoms with van der Waals surface area (Å²) in [6.07, 6.45) is -2.84. The van der Waals surface area contributed by atoms with Crippen LogP contribution in [0.4, 0.5) is 13.2 Å². The molecule has 0 bridgehead atoms. The van der Waals surface area contributed by atoms with Crippen molar-refractivity contribution >= 4 is 0 Å². The minimum atomic E-state index is -4.33. The van der Waals surface area contributed by atoms with Crippen LogP contribution in [0.1, 0.15) is 30.8 Å². The van der Waals surface area contributed by atoms with Crippen LogP contribution >= 0.6 is 0 Å². The van der Waals surface area contributed by atoms with E-state index in [1.807, 2.05) is 19.9 Å². The second kappa shape index (κ2) is 5.07. The van der Waals surface area contributed by atoms with E-state index in [1.165, 1.54) is 6.07 Å². The summed E-state index contributed by atoms with van der Waals surface area (Å²) in [5.74, 6) is 0. The second-order valence-electron chi connectivity index (χ2n) is 4.29. The van der Waals surface area contributed by atoms with E-state index >= 15 is 0 Å². The molecule has 2 aromatic rings. The lowest BCUT2D eigenvalue weighted by Crippen LogP contribution is -2.07. The van der Waals surface area contributed by atoms with E-state index in [9.17, 15) is 13.2 Å². The van der Waals surface area contributed by atoms with Gasteiger partial charge in [0.25, 0.3) is 0 Å². The predicted octanol–water partition coefficient (Wildman–Crippen LogP) is 4.02. The number of aromatic nitrogens is 2. The minimum Gasteiger partial charge on any atom is -0.238 e. The van der Waals surface area contributed by atoms with Crippen LogP contribution in [0.2, 0.25) is 0 Å². The summed E-state index contributed by atoms with van der Waals surface area (Å²) in [6.45, 7) is 3.93. The third-order valence-corrected chi connectivity index (χ3v) is 2.98. The van der Waals surface area contributed by atoms with Gasteiger partial charge >= 0.3 is 6.18 Å². The average molecular weight is 268 g/mol. The molecule has 0 unspecified atom stereocenters. The molecule has 0 spiro atoms. The fourth-order valence-electron chi connectivity index (χ4n) is 1.94. The Labute approximate surface area is 109 Å². The Morgan fingerprint density at radius 1 is 1.11 bits per heavy atom. The molecular weight excluding hydrogens is 253 g/mol. The van der Waals surface area contributed by atoms with Gasteiger partial charge in [-0.15, -0.1) is 0 Å². The quantitative estimate of drug-likeness (QED) is 0.822. The van der Waals surface area contributed by atoms with Crippen LogP contribution in [-0.4, -0.2) is 9.78 Å². The highest BCUT2D eigenvalue weighted by Gasteiger charge is 2.30. The van der Waals surface area contributed by atoms with Gasteiger partial charge in [-0.3, -0.25) is 0 Å². The lowest BCUT2D eigenvalue weighted by molar-refractivity contribution is -0.137. The van der Waals surface area contributed by atoms with Gasteiger partial charge in [-0.1, -0.05) is 19.9 Å². The van der Waals surface area contributed by atoms with Gasteiger partial charge in [0, 0.05) is 5.69 Å². The third kappa shape index (κ3) is 2.80. The molecule has 0 atom stereocenters.